The molecule has 0 aliphatic rings. The summed E-state index contributed by atoms with van der Waals surface area (Å²) in [4.78, 5) is 0. The Morgan fingerprint density at radius 3 is 2.50 bits per heavy atom. The van der Waals surface area contributed by atoms with E-state index in [1.54, 1.807) is 7.11 Å². The van der Waals surface area contributed by atoms with Crippen LogP contribution in [0.5, 0.6) is 5.75 Å². The van der Waals surface area contributed by atoms with Crippen molar-refractivity contribution in [2.75, 3.05) is 13.7 Å². The SMILES string of the molecule is COc1ccc(CC(CN)C(C)C)cc1Br. The summed E-state index contributed by atoms with van der Waals surface area (Å²) in [5.41, 5.74) is 7.08. The molecule has 3 heteroatoms. The third-order valence-electron chi connectivity index (χ3n) is 2.96. The van der Waals surface area contributed by atoms with Crippen molar-refractivity contribution in [2.24, 2.45) is 17.6 Å². The first-order chi connectivity index (χ1) is 7.58. The van der Waals surface area contributed by atoms with Gasteiger partial charge in [-0.2, -0.15) is 0 Å². The molecule has 0 aliphatic heterocycles. The number of hydrogen-bond acceptors (Lipinski definition) is 2. The average Bonchev–Trinajstić information content (AvgIpc) is 2.25. The van der Waals surface area contributed by atoms with E-state index in [-0.39, 0.29) is 0 Å². The highest BCUT2D eigenvalue weighted by Gasteiger charge is 2.12. The van der Waals surface area contributed by atoms with Gasteiger partial charge in [0.2, 0.25) is 0 Å². The van der Waals surface area contributed by atoms with Gasteiger partial charge in [-0.1, -0.05) is 19.9 Å². The van der Waals surface area contributed by atoms with Crippen molar-refractivity contribution in [2.45, 2.75) is 20.3 Å². The second-order valence-corrected chi connectivity index (χ2v) is 5.27. The number of hydrogen-bond donors (Lipinski definition) is 1. The third kappa shape index (κ3) is 3.49. The molecule has 0 aromatic heterocycles. The molecule has 0 saturated carbocycles. The molecule has 1 rings (SSSR count). The molecule has 16 heavy (non-hydrogen) atoms. The highest BCUT2D eigenvalue weighted by atomic mass is 79.9. The molecule has 0 heterocycles. The van der Waals surface area contributed by atoms with Crippen molar-refractivity contribution >= 4 is 15.9 Å². The lowest BCUT2D eigenvalue weighted by atomic mass is 9.89. The summed E-state index contributed by atoms with van der Waals surface area (Å²) in [6.45, 7) is 5.17. The molecule has 2 N–H and O–H groups in total. The van der Waals surface area contributed by atoms with Crippen molar-refractivity contribution in [1.29, 1.82) is 0 Å². The molecule has 0 fully saturated rings. The fraction of sp³-hybridized carbons (Fsp3) is 0.538. The van der Waals surface area contributed by atoms with Crippen LogP contribution >= 0.6 is 15.9 Å². The molecule has 0 radical (unpaired) electrons. The third-order valence-corrected chi connectivity index (χ3v) is 3.58. The largest absolute Gasteiger partial charge is 0.496 e. The molecule has 0 spiro atoms. The van der Waals surface area contributed by atoms with Crippen LogP contribution in [-0.4, -0.2) is 13.7 Å². The van der Waals surface area contributed by atoms with Gasteiger partial charge in [-0.15, -0.1) is 0 Å². The fourth-order valence-corrected chi connectivity index (χ4v) is 2.32. The molecule has 0 bridgehead atoms. The first kappa shape index (κ1) is 13.5. The standard InChI is InChI=1S/C13H20BrNO/c1-9(2)11(8-15)6-10-4-5-13(16-3)12(14)7-10/h4-5,7,9,11H,6,8,15H2,1-3H3. The highest BCUT2D eigenvalue weighted by molar-refractivity contribution is 9.10. The lowest BCUT2D eigenvalue weighted by molar-refractivity contribution is 0.390. The summed E-state index contributed by atoms with van der Waals surface area (Å²) in [5, 5.41) is 0. The predicted octanol–water partition coefficient (Wildman–Crippen LogP) is 3.23. The van der Waals surface area contributed by atoms with Gasteiger partial charge >= 0.3 is 0 Å². The van der Waals surface area contributed by atoms with E-state index < -0.39 is 0 Å². The van der Waals surface area contributed by atoms with E-state index in [1.807, 2.05) is 6.07 Å². The van der Waals surface area contributed by atoms with Crippen molar-refractivity contribution in [3.8, 4) is 5.75 Å². The Morgan fingerprint density at radius 1 is 1.38 bits per heavy atom. The minimum atomic E-state index is 0.542. The molecule has 0 amide bonds. The maximum Gasteiger partial charge on any atom is 0.133 e. The van der Waals surface area contributed by atoms with Gasteiger partial charge in [0.15, 0.2) is 0 Å². The maximum absolute atomic E-state index is 5.78. The number of rotatable bonds is 5. The zero-order chi connectivity index (χ0) is 12.1. The lowest BCUT2D eigenvalue weighted by Gasteiger charge is -2.19. The van der Waals surface area contributed by atoms with Crippen LogP contribution in [-0.2, 0) is 6.42 Å². The summed E-state index contributed by atoms with van der Waals surface area (Å²) in [6, 6.07) is 6.21. The average molecular weight is 286 g/mol. The zero-order valence-electron chi connectivity index (χ0n) is 10.2. The first-order valence-corrected chi connectivity index (χ1v) is 6.40. The summed E-state index contributed by atoms with van der Waals surface area (Å²) in [7, 11) is 1.68. The van der Waals surface area contributed by atoms with Crippen molar-refractivity contribution in [3.05, 3.63) is 28.2 Å². The number of nitrogens with two attached hydrogens (primary N) is 1. The molecule has 1 aromatic rings. The minimum absolute atomic E-state index is 0.542. The van der Waals surface area contributed by atoms with Crippen LogP contribution in [0, 0.1) is 11.8 Å². The summed E-state index contributed by atoms with van der Waals surface area (Å²) in [6.07, 6.45) is 1.02. The van der Waals surface area contributed by atoms with Crippen LogP contribution in [0.3, 0.4) is 0 Å². The predicted molar refractivity (Wildman–Crippen MR) is 71.8 cm³/mol. The molecule has 0 saturated heterocycles. The maximum atomic E-state index is 5.78. The number of ether oxygens (including phenoxy) is 1. The Labute approximate surface area is 106 Å². The van der Waals surface area contributed by atoms with E-state index >= 15 is 0 Å². The van der Waals surface area contributed by atoms with E-state index in [9.17, 15) is 0 Å². The molecular formula is C13H20BrNO. The molecule has 1 atom stereocenters. The Kier molecular flexibility index (Phi) is 5.29. The Morgan fingerprint density at radius 2 is 2.06 bits per heavy atom. The van der Waals surface area contributed by atoms with Crippen molar-refractivity contribution in [3.63, 3.8) is 0 Å². The molecular weight excluding hydrogens is 266 g/mol. The summed E-state index contributed by atoms with van der Waals surface area (Å²) < 4.78 is 6.21. The monoisotopic (exact) mass is 285 g/mol. The lowest BCUT2D eigenvalue weighted by Crippen LogP contribution is -2.22. The van der Waals surface area contributed by atoms with E-state index in [1.165, 1.54) is 5.56 Å². The molecule has 2 nitrogen and oxygen atoms in total. The Hall–Kier alpha value is -0.540. The molecule has 0 aliphatic carbocycles. The number of halogens is 1. The van der Waals surface area contributed by atoms with Crippen LogP contribution in [0.4, 0.5) is 0 Å². The van der Waals surface area contributed by atoms with Crippen LogP contribution in [0.2, 0.25) is 0 Å². The fourth-order valence-electron chi connectivity index (χ4n) is 1.73. The van der Waals surface area contributed by atoms with Gasteiger partial charge in [-0.05, 0) is 58.4 Å². The number of benzene rings is 1. The summed E-state index contributed by atoms with van der Waals surface area (Å²) >= 11 is 3.50. The molecule has 1 aromatic carbocycles. The van der Waals surface area contributed by atoms with Gasteiger partial charge in [-0.25, -0.2) is 0 Å². The van der Waals surface area contributed by atoms with Crippen LogP contribution in [0.25, 0.3) is 0 Å². The van der Waals surface area contributed by atoms with Gasteiger partial charge in [0, 0.05) is 0 Å². The molecule has 1 unspecified atom stereocenters. The molecule has 90 valence electrons. The van der Waals surface area contributed by atoms with E-state index in [2.05, 4.69) is 41.9 Å². The van der Waals surface area contributed by atoms with Crippen molar-refractivity contribution in [1.82, 2.24) is 0 Å². The summed E-state index contributed by atoms with van der Waals surface area (Å²) in [5.74, 6) is 2.03. The Balaban J connectivity index is 2.78. The first-order valence-electron chi connectivity index (χ1n) is 5.61. The van der Waals surface area contributed by atoms with Gasteiger partial charge in [0.05, 0.1) is 11.6 Å². The van der Waals surface area contributed by atoms with E-state index in [4.69, 9.17) is 10.5 Å². The van der Waals surface area contributed by atoms with Gasteiger partial charge in [0.1, 0.15) is 5.75 Å². The van der Waals surface area contributed by atoms with Crippen molar-refractivity contribution < 1.29 is 4.74 Å². The van der Waals surface area contributed by atoms with Gasteiger partial charge in [-0.3, -0.25) is 0 Å². The van der Waals surface area contributed by atoms with E-state index in [0.29, 0.717) is 11.8 Å². The van der Waals surface area contributed by atoms with Crippen LogP contribution < -0.4 is 10.5 Å². The van der Waals surface area contributed by atoms with Gasteiger partial charge in [0.25, 0.3) is 0 Å². The van der Waals surface area contributed by atoms with E-state index in [0.717, 1.165) is 23.2 Å². The quantitative estimate of drug-likeness (QED) is 0.902. The smallest absolute Gasteiger partial charge is 0.133 e. The minimum Gasteiger partial charge on any atom is -0.496 e. The second kappa shape index (κ2) is 6.26. The topological polar surface area (TPSA) is 35.2 Å². The zero-order valence-corrected chi connectivity index (χ0v) is 11.8. The van der Waals surface area contributed by atoms with Crippen LogP contribution in [0.1, 0.15) is 19.4 Å². The Bertz CT molecular complexity index is 339. The normalized spacial score (nSPS) is 12.9. The highest BCUT2D eigenvalue weighted by Crippen LogP contribution is 2.27. The van der Waals surface area contributed by atoms with Gasteiger partial charge < -0.3 is 10.5 Å². The second-order valence-electron chi connectivity index (χ2n) is 4.41. The number of methoxy groups -OCH3 is 1. The van der Waals surface area contributed by atoms with Crippen LogP contribution in [0.15, 0.2) is 22.7 Å².